The molecule has 160 valence electrons. The third-order valence-electron chi connectivity index (χ3n) is 4.87. The maximum atomic E-state index is 12.4. The van der Waals surface area contributed by atoms with E-state index >= 15 is 0 Å². The molecule has 0 radical (unpaired) electrons. The second kappa shape index (κ2) is 9.07. The lowest BCUT2D eigenvalue weighted by molar-refractivity contribution is -0.135. The van der Waals surface area contributed by atoms with Crippen molar-refractivity contribution in [2.45, 2.75) is 38.0 Å². The molecule has 1 aromatic heterocycles. The normalized spacial score (nSPS) is 16.7. The Bertz CT molecular complexity index is 1090. The number of nitrogens with zero attached hydrogens (tertiary/aromatic N) is 1. The summed E-state index contributed by atoms with van der Waals surface area (Å²) in [6.07, 6.45) is 3.15. The summed E-state index contributed by atoms with van der Waals surface area (Å²) in [5, 5.41) is 12.7. The number of hydrogen-bond acceptors (Lipinski definition) is 6. The number of rotatable bonds is 7. The number of hydrogen-bond donors (Lipinski definition) is 3. The van der Waals surface area contributed by atoms with Gasteiger partial charge in [0, 0.05) is 4.88 Å². The van der Waals surface area contributed by atoms with Crippen molar-refractivity contribution in [3.63, 3.8) is 0 Å². The molecule has 2 aromatic rings. The van der Waals surface area contributed by atoms with Gasteiger partial charge in [0.2, 0.25) is 10.0 Å². The Morgan fingerprint density at radius 2 is 1.97 bits per heavy atom. The van der Waals surface area contributed by atoms with E-state index in [2.05, 4.69) is 17.5 Å². The van der Waals surface area contributed by atoms with Crippen molar-refractivity contribution in [3.8, 4) is 0 Å². The Balaban J connectivity index is 1.65. The number of carboxylic acid groups (broad SMARTS) is 1. The Hall–Kier alpha value is -2.56. The smallest absolute Gasteiger partial charge is 0.318 e. The van der Waals surface area contributed by atoms with Crippen molar-refractivity contribution in [1.29, 1.82) is 0 Å². The summed E-state index contributed by atoms with van der Waals surface area (Å²) in [4.78, 5) is 24.8. The van der Waals surface area contributed by atoms with Gasteiger partial charge in [-0.25, -0.2) is 13.8 Å². The number of hydrazone groups is 1. The van der Waals surface area contributed by atoms with E-state index in [1.807, 2.05) is 10.8 Å². The monoisotopic (exact) mass is 449 g/mol. The van der Waals surface area contributed by atoms with Crippen LogP contribution in [0.25, 0.3) is 0 Å². The number of carbonyl (C=O) groups excluding carboxylic acids is 1. The van der Waals surface area contributed by atoms with E-state index in [9.17, 15) is 18.0 Å². The number of thiophene rings is 1. The predicted octanol–water partition coefficient (Wildman–Crippen LogP) is 2.39. The maximum Gasteiger partial charge on any atom is 0.318 e. The zero-order chi connectivity index (χ0) is 21.9. The van der Waals surface area contributed by atoms with E-state index in [0.29, 0.717) is 22.1 Å². The van der Waals surface area contributed by atoms with Gasteiger partial charge in [-0.3, -0.25) is 9.59 Å². The molecule has 3 rings (SSSR count). The van der Waals surface area contributed by atoms with Crippen LogP contribution >= 0.6 is 11.3 Å². The minimum atomic E-state index is -3.90. The number of benzene rings is 1. The Morgan fingerprint density at radius 3 is 2.63 bits per heavy atom. The van der Waals surface area contributed by atoms with Crippen LogP contribution in [0.15, 0.2) is 40.3 Å². The summed E-state index contributed by atoms with van der Waals surface area (Å²) in [6.45, 7) is 3.22. The number of carboxylic acids is 1. The van der Waals surface area contributed by atoms with E-state index in [-0.39, 0.29) is 10.8 Å². The molecule has 8 nitrogen and oxygen atoms in total. The van der Waals surface area contributed by atoms with Crippen LogP contribution in [0.1, 0.15) is 45.9 Å². The highest BCUT2D eigenvalue weighted by Crippen LogP contribution is 2.32. The van der Waals surface area contributed by atoms with E-state index in [1.54, 1.807) is 19.1 Å². The van der Waals surface area contributed by atoms with Gasteiger partial charge in [-0.05, 0) is 61.4 Å². The molecule has 1 unspecified atom stereocenters. The minimum absolute atomic E-state index is 0.0530. The summed E-state index contributed by atoms with van der Waals surface area (Å²) >= 11 is 1.51. The van der Waals surface area contributed by atoms with Gasteiger partial charge >= 0.3 is 5.97 Å². The second-order valence-electron chi connectivity index (χ2n) is 7.29. The van der Waals surface area contributed by atoms with Gasteiger partial charge < -0.3 is 5.11 Å². The Morgan fingerprint density at radius 1 is 1.27 bits per heavy atom. The number of amides is 1. The highest BCUT2D eigenvalue weighted by atomic mass is 32.2. The largest absolute Gasteiger partial charge is 0.480 e. The molecule has 3 N–H and O–H groups in total. The first-order chi connectivity index (χ1) is 14.2. The maximum absolute atomic E-state index is 12.4. The second-order valence-corrected chi connectivity index (χ2v) is 10.2. The molecule has 1 aromatic carbocycles. The lowest BCUT2D eigenvalue weighted by atomic mass is 9.90. The van der Waals surface area contributed by atoms with Crippen LogP contribution < -0.4 is 10.1 Å². The van der Waals surface area contributed by atoms with Crippen molar-refractivity contribution < 1.29 is 23.1 Å². The molecule has 1 aliphatic rings. The number of aryl methyl sites for hydroxylation is 1. The average Bonchev–Trinajstić information content (AvgIpc) is 3.13. The number of aliphatic carboxylic acids is 1. The van der Waals surface area contributed by atoms with E-state index in [0.717, 1.165) is 19.3 Å². The van der Waals surface area contributed by atoms with E-state index in [1.165, 1.54) is 33.9 Å². The summed E-state index contributed by atoms with van der Waals surface area (Å²) in [5.74, 6) is -0.900. The van der Waals surface area contributed by atoms with E-state index in [4.69, 9.17) is 5.11 Å². The van der Waals surface area contributed by atoms with Crippen LogP contribution in [0.4, 0.5) is 0 Å². The Labute approximate surface area is 179 Å². The lowest BCUT2D eigenvalue weighted by Crippen LogP contribution is -2.29. The molecule has 0 bridgehead atoms. The number of nitrogens with one attached hydrogen (secondary N) is 2. The van der Waals surface area contributed by atoms with Crippen LogP contribution in [0.5, 0.6) is 0 Å². The molecule has 10 heteroatoms. The van der Waals surface area contributed by atoms with Crippen LogP contribution in [-0.4, -0.2) is 37.7 Å². The number of fused-ring (bicyclic) bond motifs is 1. The van der Waals surface area contributed by atoms with Gasteiger partial charge in [0.25, 0.3) is 5.91 Å². The fraction of sp³-hybridized carbons (Fsp3) is 0.350. The van der Waals surface area contributed by atoms with Gasteiger partial charge in [0.15, 0.2) is 0 Å². The first-order valence-electron chi connectivity index (χ1n) is 9.44. The number of carbonyl (C=O) groups is 2. The highest BCUT2D eigenvalue weighted by Gasteiger charge is 2.20. The average molecular weight is 450 g/mol. The molecule has 1 heterocycles. The summed E-state index contributed by atoms with van der Waals surface area (Å²) in [5.41, 5.74) is 4.95. The first kappa shape index (κ1) is 22.1. The zero-order valence-electron chi connectivity index (χ0n) is 16.6. The molecule has 0 saturated carbocycles. The van der Waals surface area contributed by atoms with Gasteiger partial charge in [-0.1, -0.05) is 19.1 Å². The highest BCUT2D eigenvalue weighted by molar-refractivity contribution is 7.89. The summed E-state index contributed by atoms with van der Waals surface area (Å²) < 4.78 is 26.1. The molecular weight excluding hydrogens is 426 g/mol. The molecule has 1 atom stereocenters. The SMILES string of the molecule is C/C(=N\NC(=O)c1cc2c(s1)CCC(C)C2)c1ccc(S(=O)(=O)NCC(=O)O)cc1. The third kappa shape index (κ3) is 5.32. The van der Waals surface area contributed by atoms with Crippen molar-refractivity contribution >= 4 is 38.9 Å². The quantitative estimate of drug-likeness (QED) is 0.442. The zero-order valence-corrected chi connectivity index (χ0v) is 18.3. The Kier molecular flexibility index (Phi) is 6.69. The van der Waals surface area contributed by atoms with Gasteiger partial charge in [0.1, 0.15) is 6.54 Å². The number of sulfonamides is 1. The topological polar surface area (TPSA) is 125 Å². The standard InChI is InChI=1S/C20H23N3O5S2/c1-12-3-8-17-15(9-12)10-18(29-17)20(26)23-22-13(2)14-4-6-16(7-5-14)30(27,28)21-11-19(24)25/h4-7,10,12,21H,3,8-9,11H2,1-2H3,(H,23,26)(H,24,25)/b22-13+. The van der Waals surface area contributed by atoms with Gasteiger partial charge in [0.05, 0.1) is 15.5 Å². The van der Waals surface area contributed by atoms with Gasteiger partial charge in [-0.15, -0.1) is 11.3 Å². The molecule has 0 saturated heterocycles. The molecule has 0 aliphatic heterocycles. The molecule has 0 spiro atoms. The first-order valence-corrected chi connectivity index (χ1v) is 11.7. The fourth-order valence-electron chi connectivity index (χ4n) is 3.19. The van der Waals surface area contributed by atoms with Crippen LogP contribution in [-0.2, 0) is 27.7 Å². The summed E-state index contributed by atoms with van der Waals surface area (Å²) in [6, 6.07) is 7.75. The molecule has 30 heavy (non-hydrogen) atoms. The molecule has 1 aliphatic carbocycles. The lowest BCUT2D eigenvalue weighted by Gasteiger charge is -2.16. The fourth-order valence-corrected chi connectivity index (χ4v) is 5.26. The van der Waals surface area contributed by atoms with Gasteiger partial charge in [-0.2, -0.15) is 9.82 Å². The molecule has 1 amide bonds. The van der Waals surface area contributed by atoms with Crippen LogP contribution in [0.3, 0.4) is 0 Å². The molecule has 0 fully saturated rings. The predicted molar refractivity (Wildman–Crippen MR) is 114 cm³/mol. The third-order valence-corrected chi connectivity index (χ3v) is 7.53. The minimum Gasteiger partial charge on any atom is -0.480 e. The van der Waals surface area contributed by atoms with Crippen molar-refractivity contribution in [2.24, 2.45) is 11.0 Å². The van der Waals surface area contributed by atoms with E-state index < -0.39 is 22.5 Å². The molecular formula is C20H23N3O5S2. The van der Waals surface area contributed by atoms with Crippen molar-refractivity contribution in [1.82, 2.24) is 10.1 Å². The van der Waals surface area contributed by atoms with Crippen LogP contribution in [0.2, 0.25) is 0 Å². The summed E-state index contributed by atoms with van der Waals surface area (Å²) in [7, 11) is -3.90. The van der Waals surface area contributed by atoms with Crippen LogP contribution in [0, 0.1) is 5.92 Å². The van der Waals surface area contributed by atoms with Crippen molar-refractivity contribution in [3.05, 3.63) is 51.2 Å². The van der Waals surface area contributed by atoms with Crippen molar-refractivity contribution in [2.75, 3.05) is 6.54 Å².